The van der Waals surface area contributed by atoms with E-state index in [1.165, 1.54) is 36.0 Å². The summed E-state index contributed by atoms with van der Waals surface area (Å²) in [5, 5.41) is 3.32. The first-order valence-corrected chi connectivity index (χ1v) is 9.47. The highest BCUT2D eigenvalue weighted by Gasteiger charge is 2.17. The summed E-state index contributed by atoms with van der Waals surface area (Å²) >= 11 is 1.44. The third-order valence-electron chi connectivity index (χ3n) is 4.14. The van der Waals surface area contributed by atoms with Crippen molar-refractivity contribution in [3.63, 3.8) is 0 Å². The van der Waals surface area contributed by atoms with Gasteiger partial charge in [0.05, 0.1) is 5.69 Å². The predicted molar refractivity (Wildman–Crippen MR) is 101 cm³/mol. The highest BCUT2D eigenvalue weighted by atomic mass is 32.2. The Morgan fingerprint density at radius 2 is 2.08 bits per heavy atom. The number of fused-ring (bicyclic) bond motifs is 1. The quantitative estimate of drug-likeness (QED) is 0.352. The summed E-state index contributed by atoms with van der Waals surface area (Å²) in [6, 6.07) is 5.66. The van der Waals surface area contributed by atoms with Crippen molar-refractivity contribution in [1.29, 1.82) is 0 Å². The first kappa shape index (κ1) is 18.4. The Bertz CT molecular complexity index is 877. The summed E-state index contributed by atoms with van der Waals surface area (Å²) in [6.07, 6.45) is 3.23. The average Bonchev–Trinajstić information content (AvgIpc) is 2.61. The van der Waals surface area contributed by atoms with Crippen molar-refractivity contribution in [2.24, 2.45) is 0 Å². The van der Waals surface area contributed by atoms with Crippen molar-refractivity contribution in [1.82, 2.24) is 9.97 Å². The number of aromatic nitrogens is 2. The van der Waals surface area contributed by atoms with Gasteiger partial charge in [0, 0.05) is 29.8 Å². The minimum absolute atomic E-state index is 0.0904. The van der Waals surface area contributed by atoms with Crippen LogP contribution in [0.25, 0.3) is 0 Å². The Hall–Kier alpha value is -2.41. The summed E-state index contributed by atoms with van der Waals surface area (Å²) in [7, 11) is 0. The van der Waals surface area contributed by atoms with Gasteiger partial charge in [-0.3, -0.25) is 9.59 Å². The number of aromatic amines is 1. The van der Waals surface area contributed by atoms with Crippen LogP contribution in [-0.2, 0) is 17.6 Å². The molecule has 0 aliphatic heterocycles. The molecule has 1 amide bonds. The molecule has 1 aliphatic rings. The molecule has 0 unspecified atom stereocenters. The van der Waals surface area contributed by atoms with Crippen LogP contribution in [0, 0.1) is 5.82 Å². The topological polar surface area (TPSA) is 74.8 Å². The molecule has 26 heavy (non-hydrogen) atoms. The van der Waals surface area contributed by atoms with Crippen molar-refractivity contribution in [2.45, 2.75) is 37.3 Å². The van der Waals surface area contributed by atoms with E-state index in [4.69, 9.17) is 0 Å². The molecule has 0 spiro atoms. The molecule has 1 heterocycles. The molecule has 136 valence electrons. The molecule has 0 radical (unpaired) electrons. The van der Waals surface area contributed by atoms with Gasteiger partial charge in [0.15, 0.2) is 5.16 Å². The lowest BCUT2D eigenvalue weighted by molar-refractivity contribution is -0.116. The summed E-state index contributed by atoms with van der Waals surface area (Å²) in [5.41, 5.74) is 3.14. The van der Waals surface area contributed by atoms with Gasteiger partial charge in [0.25, 0.3) is 5.56 Å². The van der Waals surface area contributed by atoms with Gasteiger partial charge >= 0.3 is 0 Å². The van der Waals surface area contributed by atoms with E-state index in [-0.39, 0.29) is 17.3 Å². The number of carbonyl (C=O) groups excluding carboxylic acids is 1. The van der Waals surface area contributed by atoms with Crippen LogP contribution in [0.3, 0.4) is 0 Å². The molecule has 7 heteroatoms. The largest absolute Gasteiger partial charge is 0.326 e. The molecule has 1 aromatic heterocycles. The zero-order chi connectivity index (χ0) is 18.5. The van der Waals surface area contributed by atoms with Crippen LogP contribution >= 0.6 is 11.8 Å². The van der Waals surface area contributed by atoms with Gasteiger partial charge in [-0.2, -0.15) is 0 Å². The number of benzene rings is 1. The lowest BCUT2D eigenvalue weighted by Crippen LogP contribution is -2.22. The number of allylic oxidation sites excluding steroid dienone is 1. The molecule has 0 bridgehead atoms. The van der Waals surface area contributed by atoms with Crippen LogP contribution < -0.4 is 10.9 Å². The number of carbonyl (C=O) groups is 1. The third-order valence-corrected chi connectivity index (χ3v) is 5.10. The maximum absolute atomic E-state index is 12.8. The SMILES string of the molecule is C=C1CCc2nc(SCCCC(=O)Nc3ccc(F)cc3)[nH]c(=O)c2C1. The van der Waals surface area contributed by atoms with Gasteiger partial charge in [0.2, 0.25) is 5.91 Å². The standard InChI is InChI=1S/C19H20FN3O2S/c1-12-4-9-16-15(11-12)18(25)23-19(22-16)26-10-2-3-17(24)21-14-7-5-13(20)6-8-14/h5-8H,1-4,9-11H2,(H,21,24)(H,22,23,25). The number of hydrogen-bond donors (Lipinski definition) is 2. The molecule has 2 aromatic rings. The van der Waals surface area contributed by atoms with Crippen molar-refractivity contribution in [3.8, 4) is 0 Å². The molecule has 5 nitrogen and oxygen atoms in total. The molecule has 0 atom stereocenters. The van der Waals surface area contributed by atoms with E-state index in [0.717, 1.165) is 29.7 Å². The summed E-state index contributed by atoms with van der Waals surface area (Å²) in [4.78, 5) is 31.4. The number of aryl methyl sites for hydroxylation is 1. The second-order valence-electron chi connectivity index (χ2n) is 6.23. The lowest BCUT2D eigenvalue weighted by atomic mass is 9.93. The van der Waals surface area contributed by atoms with Crippen molar-refractivity contribution in [3.05, 3.63) is 63.8 Å². The Morgan fingerprint density at radius 3 is 2.85 bits per heavy atom. The molecule has 2 N–H and O–H groups in total. The number of anilines is 1. The number of thioether (sulfide) groups is 1. The number of halogens is 1. The molecule has 1 aliphatic carbocycles. The van der Waals surface area contributed by atoms with Crippen LogP contribution in [0.1, 0.15) is 30.5 Å². The maximum atomic E-state index is 12.8. The second kappa shape index (κ2) is 8.31. The first-order chi connectivity index (χ1) is 12.5. The fourth-order valence-corrected chi connectivity index (χ4v) is 3.59. The molecule has 1 aromatic carbocycles. The van der Waals surface area contributed by atoms with Gasteiger partial charge in [-0.05, 0) is 43.5 Å². The monoisotopic (exact) mass is 373 g/mol. The highest BCUT2D eigenvalue weighted by molar-refractivity contribution is 7.99. The highest BCUT2D eigenvalue weighted by Crippen LogP contribution is 2.22. The van der Waals surface area contributed by atoms with Gasteiger partial charge in [-0.1, -0.05) is 23.9 Å². The van der Waals surface area contributed by atoms with Crippen molar-refractivity contribution < 1.29 is 9.18 Å². The third kappa shape index (κ3) is 4.82. The number of hydrogen-bond acceptors (Lipinski definition) is 4. The van der Waals surface area contributed by atoms with E-state index >= 15 is 0 Å². The molecular weight excluding hydrogens is 353 g/mol. The number of nitrogens with zero attached hydrogens (tertiary/aromatic N) is 1. The second-order valence-corrected chi connectivity index (χ2v) is 7.31. The van der Waals surface area contributed by atoms with Gasteiger partial charge in [0.1, 0.15) is 5.82 Å². The Balaban J connectivity index is 1.47. The van der Waals surface area contributed by atoms with Crippen LogP contribution in [0.5, 0.6) is 0 Å². The number of nitrogens with one attached hydrogen (secondary N) is 2. The number of amides is 1. The molecule has 0 saturated carbocycles. The minimum atomic E-state index is -0.338. The Labute approximate surface area is 155 Å². The van der Waals surface area contributed by atoms with Gasteiger partial charge in [-0.25, -0.2) is 9.37 Å². The summed E-state index contributed by atoms with van der Waals surface area (Å²) in [6.45, 7) is 3.95. The van der Waals surface area contributed by atoms with E-state index in [0.29, 0.717) is 35.9 Å². The van der Waals surface area contributed by atoms with E-state index in [1.807, 2.05) is 0 Å². The summed E-state index contributed by atoms with van der Waals surface area (Å²) < 4.78 is 12.8. The molecular formula is C19H20FN3O2S. The van der Waals surface area contributed by atoms with E-state index in [9.17, 15) is 14.0 Å². The molecule has 0 fully saturated rings. The first-order valence-electron chi connectivity index (χ1n) is 8.48. The van der Waals surface area contributed by atoms with Crippen LogP contribution in [0.15, 0.2) is 46.4 Å². The van der Waals surface area contributed by atoms with Crippen molar-refractivity contribution >= 4 is 23.4 Å². The minimum Gasteiger partial charge on any atom is -0.326 e. The van der Waals surface area contributed by atoms with E-state index in [2.05, 4.69) is 21.9 Å². The van der Waals surface area contributed by atoms with Gasteiger partial charge in [-0.15, -0.1) is 0 Å². The maximum Gasteiger partial charge on any atom is 0.255 e. The fraction of sp³-hybridized carbons (Fsp3) is 0.316. The fourth-order valence-electron chi connectivity index (χ4n) is 2.77. The lowest BCUT2D eigenvalue weighted by Gasteiger charge is -2.16. The van der Waals surface area contributed by atoms with Crippen LogP contribution in [-0.4, -0.2) is 21.6 Å². The molecule has 3 rings (SSSR count). The van der Waals surface area contributed by atoms with Crippen LogP contribution in [0.4, 0.5) is 10.1 Å². The van der Waals surface area contributed by atoms with E-state index in [1.54, 1.807) is 0 Å². The normalized spacial score (nSPS) is 13.3. The van der Waals surface area contributed by atoms with E-state index < -0.39 is 0 Å². The zero-order valence-corrected chi connectivity index (χ0v) is 15.1. The van der Waals surface area contributed by atoms with Gasteiger partial charge < -0.3 is 10.3 Å². The predicted octanol–water partition coefficient (Wildman–Crippen LogP) is 3.46. The Morgan fingerprint density at radius 1 is 1.31 bits per heavy atom. The number of H-pyrrole nitrogens is 1. The van der Waals surface area contributed by atoms with Crippen molar-refractivity contribution in [2.75, 3.05) is 11.1 Å². The average molecular weight is 373 g/mol. The smallest absolute Gasteiger partial charge is 0.255 e. The number of rotatable bonds is 6. The van der Waals surface area contributed by atoms with Crippen LogP contribution in [0.2, 0.25) is 0 Å². The summed E-state index contributed by atoms with van der Waals surface area (Å²) in [5.74, 6) is 0.212. The zero-order valence-electron chi connectivity index (χ0n) is 14.3. The Kier molecular flexibility index (Phi) is 5.88. The molecule has 0 saturated heterocycles.